The summed E-state index contributed by atoms with van der Waals surface area (Å²) in [7, 11) is 3.29. The number of likely N-dealkylation sites (tertiary alicyclic amines) is 2. The van der Waals surface area contributed by atoms with Crippen molar-refractivity contribution in [2.75, 3.05) is 66.7 Å². The first-order chi connectivity index (χ1) is 33.2. The molecule has 2 fully saturated rings. The fourth-order valence-electron chi connectivity index (χ4n) is 8.60. The Hall–Kier alpha value is -6.04. The van der Waals surface area contributed by atoms with Crippen LogP contribution in [0.1, 0.15) is 60.0 Å². The Kier molecular flexibility index (Phi) is 19.0. The molecule has 6 aromatic carbocycles. The van der Waals surface area contributed by atoms with Gasteiger partial charge in [0.2, 0.25) is 11.8 Å². The van der Waals surface area contributed by atoms with E-state index in [2.05, 4.69) is 20.4 Å². The van der Waals surface area contributed by atoms with Gasteiger partial charge in [0.1, 0.15) is 36.2 Å². The highest BCUT2D eigenvalue weighted by molar-refractivity contribution is 6.30. The molecule has 2 N–H and O–H groups in total. The Morgan fingerprint density at radius 3 is 1.09 bits per heavy atom. The fraction of sp³-hybridized carbons (Fsp3) is 0.321. The maximum absolute atomic E-state index is 13.2. The van der Waals surface area contributed by atoms with Gasteiger partial charge in [0.25, 0.3) is 0 Å². The summed E-state index contributed by atoms with van der Waals surface area (Å²) in [6.45, 7) is 6.60. The molecule has 2 amide bonds. The molecule has 2 heterocycles. The number of methoxy groups -OCH3 is 2. The first kappa shape index (κ1) is 49.9. The van der Waals surface area contributed by atoms with Gasteiger partial charge in [0.15, 0.2) is 0 Å². The molecular formula is C56H62Cl2N4O6. The molecule has 0 spiro atoms. The van der Waals surface area contributed by atoms with E-state index < -0.39 is 0 Å². The molecule has 10 nitrogen and oxygen atoms in total. The molecule has 12 heteroatoms. The molecule has 0 radical (unpaired) electrons. The van der Waals surface area contributed by atoms with Crippen LogP contribution in [0.4, 0.5) is 0 Å². The van der Waals surface area contributed by atoms with Crippen molar-refractivity contribution in [1.82, 2.24) is 20.4 Å². The minimum absolute atomic E-state index is 0.000611. The third kappa shape index (κ3) is 15.0. The molecular weight excluding hydrogens is 896 g/mol. The molecule has 0 aliphatic carbocycles. The molecule has 2 aliphatic rings. The third-order valence-corrected chi connectivity index (χ3v) is 13.1. The number of carbonyl (C=O) groups is 2. The van der Waals surface area contributed by atoms with Crippen molar-refractivity contribution < 1.29 is 28.5 Å². The Balaban J connectivity index is 0.000000201. The van der Waals surface area contributed by atoms with E-state index in [9.17, 15) is 9.59 Å². The number of para-hydroxylation sites is 2. The van der Waals surface area contributed by atoms with Crippen LogP contribution in [-0.2, 0) is 9.59 Å². The third-order valence-electron chi connectivity index (χ3n) is 12.6. The van der Waals surface area contributed by atoms with Gasteiger partial charge in [0.05, 0.1) is 26.3 Å². The predicted octanol–water partition coefficient (Wildman–Crippen LogP) is 10.7. The Labute approximate surface area is 411 Å². The Bertz CT molecular complexity index is 2240. The van der Waals surface area contributed by atoms with Crippen LogP contribution in [0.25, 0.3) is 0 Å². The van der Waals surface area contributed by atoms with E-state index in [1.807, 2.05) is 158 Å². The highest BCUT2D eigenvalue weighted by atomic mass is 35.5. The van der Waals surface area contributed by atoms with Crippen LogP contribution in [0.5, 0.6) is 23.0 Å². The number of nitrogens with zero attached hydrogens (tertiary/aromatic N) is 2. The zero-order valence-corrected chi connectivity index (χ0v) is 40.4. The number of nitrogens with one attached hydrogen (secondary N) is 2. The molecule has 0 aromatic heterocycles. The highest BCUT2D eigenvalue weighted by Gasteiger charge is 2.29. The van der Waals surface area contributed by atoms with Gasteiger partial charge in [-0.05, 0) is 147 Å². The second kappa shape index (κ2) is 25.9. The summed E-state index contributed by atoms with van der Waals surface area (Å²) >= 11 is 12.2. The number of rotatable bonds is 18. The van der Waals surface area contributed by atoms with Crippen molar-refractivity contribution in [3.63, 3.8) is 0 Å². The molecule has 2 saturated heterocycles. The molecule has 68 heavy (non-hydrogen) atoms. The van der Waals surface area contributed by atoms with Crippen molar-refractivity contribution in [2.45, 2.75) is 37.8 Å². The standard InChI is InChI=1S/2C28H31ClN2O3/c2*1-33-25-13-9-22(10-14-25)27(21-7-11-24(29)12-8-21)30-28(32)23-15-17-31(18-16-23)19-20-34-26-5-3-2-4-6-26/h2*2-14,23,27H,15-20H2,1H3,(H,30,32). The van der Waals surface area contributed by atoms with E-state index in [4.69, 9.17) is 42.1 Å². The quantitative estimate of drug-likeness (QED) is 0.0879. The lowest BCUT2D eigenvalue weighted by molar-refractivity contribution is -0.127. The summed E-state index contributed by atoms with van der Waals surface area (Å²) in [6.07, 6.45) is 3.36. The monoisotopic (exact) mass is 956 g/mol. The normalized spacial score (nSPS) is 15.5. The predicted molar refractivity (Wildman–Crippen MR) is 271 cm³/mol. The van der Waals surface area contributed by atoms with Crippen molar-refractivity contribution >= 4 is 35.0 Å². The van der Waals surface area contributed by atoms with Crippen LogP contribution in [0.2, 0.25) is 10.0 Å². The SMILES string of the molecule is COc1ccc(C(NC(=O)C2CCN(CCOc3ccccc3)CC2)c2ccc(Cl)cc2)cc1.COc1ccc(C(NC(=O)C2CCN(CCOc3ccccc3)CC2)c2ccc(Cl)cc2)cc1. The van der Waals surface area contributed by atoms with Gasteiger partial charge in [-0.1, -0.05) is 108 Å². The van der Waals surface area contributed by atoms with E-state index in [-0.39, 0.29) is 35.7 Å². The van der Waals surface area contributed by atoms with Gasteiger partial charge in [0, 0.05) is 35.0 Å². The second-order valence-electron chi connectivity index (χ2n) is 17.1. The summed E-state index contributed by atoms with van der Waals surface area (Å²) in [5.74, 6) is 3.54. The lowest BCUT2D eigenvalue weighted by Crippen LogP contribution is -2.42. The first-order valence-electron chi connectivity index (χ1n) is 23.4. The number of hydrogen-bond donors (Lipinski definition) is 2. The van der Waals surface area contributed by atoms with E-state index in [0.717, 1.165) is 110 Å². The molecule has 0 bridgehead atoms. The fourth-order valence-corrected chi connectivity index (χ4v) is 8.85. The first-order valence-corrected chi connectivity index (χ1v) is 24.2. The maximum Gasteiger partial charge on any atom is 0.223 e. The smallest absolute Gasteiger partial charge is 0.223 e. The number of halogens is 2. The summed E-state index contributed by atoms with van der Waals surface area (Å²) in [6, 6.07) is 50.2. The van der Waals surface area contributed by atoms with Crippen molar-refractivity contribution in [1.29, 1.82) is 0 Å². The van der Waals surface area contributed by atoms with Gasteiger partial charge >= 0.3 is 0 Å². The molecule has 0 saturated carbocycles. The lowest BCUT2D eigenvalue weighted by atomic mass is 9.93. The van der Waals surface area contributed by atoms with Gasteiger partial charge in [-0.3, -0.25) is 19.4 Å². The topological polar surface area (TPSA) is 102 Å². The van der Waals surface area contributed by atoms with Gasteiger partial charge < -0.3 is 29.6 Å². The second-order valence-corrected chi connectivity index (χ2v) is 18.0. The van der Waals surface area contributed by atoms with Crippen LogP contribution in [0.15, 0.2) is 158 Å². The largest absolute Gasteiger partial charge is 0.497 e. The van der Waals surface area contributed by atoms with E-state index in [1.54, 1.807) is 14.2 Å². The van der Waals surface area contributed by atoms with E-state index in [0.29, 0.717) is 23.3 Å². The summed E-state index contributed by atoms with van der Waals surface area (Å²) in [4.78, 5) is 31.2. The number of hydrogen-bond acceptors (Lipinski definition) is 8. The molecule has 2 aliphatic heterocycles. The Morgan fingerprint density at radius 2 is 0.779 bits per heavy atom. The zero-order chi connectivity index (χ0) is 47.5. The van der Waals surface area contributed by atoms with Crippen LogP contribution >= 0.6 is 23.2 Å². The number of ether oxygens (including phenoxy) is 4. The van der Waals surface area contributed by atoms with Crippen LogP contribution < -0.4 is 29.6 Å². The minimum Gasteiger partial charge on any atom is -0.497 e. The average molecular weight is 958 g/mol. The average Bonchev–Trinajstić information content (AvgIpc) is 3.39. The van der Waals surface area contributed by atoms with E-state index >= 15 is 0 Å². The molecule has 6 aromatic rings. The van der Waals surface area contributed by atoms with Crippen molar-refractivity contribution in [2.24, 2.45) is 11.8 Å². The van der Waals surface area contributed by atoms with Crippen molar-refractivity contribution in [3.8, 4) is 23.0 Å². The number of piperidine rings is 2. The molecule has 2 atom stereocenters. The minimum atomic E-state index is -0.243. The molecule has 8 rings (SSSR count). The van der Waals surface area contributed by atoms with Crippen LogP contribution in [0, 0.1) is 11.8 Å². The zero-order valence-electron chi connectivity index (χ0n) is 38.9. The van der Waals surface area contributed by atoms with Crippen molar-refractivity contribution in [3.05, 3.63) is 190 Å². The number of benzene rings is 6. The van der Waals surface area contributed by atoms with Crippen LogP contribution in [-0.4, -0.2) is 88.3 Å². The lowest BCUT2D eigenvalue weighted by Gasteiger charge is -2.32. The van der Waals surface area contributed by atoms with Gasteiger partial charge in [-0.15, -0.1) is 0 Å². The number of amides is 2. The van der Waals surface area contributed by atoms with E-state index in [1.165, 1.54) is 0 Å². The van der Waals surface area contributed by atoms with Crippen LogP contribution in [0.3, 0.4) is 0 Å². The van der Waals surface area contributed by atoms with Gasteiger partial charge in [-0.25, -0.2) is 0 Å². The highest BCUT2D eigenvalue weighted by Crippen LogP contribution is 2.29. The number of carbonyl (C=O) groups excluding carboxylic acids is 2. The summed E-state index contributed by atoms with van der Waals surface area (Å²) in [5, 5.41) is 7.93. The molecule has 356 valence electrons. The maximum atomic E-state index is 13.2. The van der Waals surface area contributed by atoms with Gasteiger partial charge in [-0.2, -0.15) is 0 Å². The summed E-state index contributed by atoms with van der Waals surface area (Å²) in [5.41, 5.74) is 4.01. The molecule has 2 unspecified atom stereocenters. The summed E-state index contributed by atoms with van der Waals surface area (Å²) < 4.78 is 22.2. The Morgan fingerprint density at radius 1 is 0.471 bits per heavy atom.